The van der Waals surface area contributed by atoms with Gasteiger partial charge in [0.2, 0.25) is 5.91 Å². The van der Waals surface area contributed by atoms with Crippen LogP contribution in [0, 0.1) is 5.41 Å². The first kappa shape index (κ1) is 14.4. The molecular formula is C12H21NO3S. The summed E-state index contributed by atoms with van der Waals surface area (Å²) in [6.07, 6.45) is 1.84. The molecule has 0 aromatic carbocycles. The van der Waals surface area contributed by atoms with Crippen LogP contribution in [-0.2, 0) is 9.59 Å². The molecule has 0 spiro atoms. The summed E-state index contributed by atoms with van der Waals surface area (Å²) in [5.41, 5.74) is -0.485. The fourth-order valence-electron chi connectivity index (χ4n) is 1.89. The first-order valence-electron chi connectivity index (χ1n) is 5.84. The Morgan fingerprint density at radius 1 is 1.41 bits per heavy atom. The molecule has 17 heavy (non-hydrogen) atoms. The van der Waals surface area contributed by atoms with Gasteiger partial charge in [0.05, 0.1) is 4.75 Å². The van der Waals surface area contributed by atoms with E-state index < -0.39 is 22.2 Å². The molecule has 4 nitrogen and oxygen atoms in total. The minimum absolute atomic E-state index is 0.151. The van der Waals surface area contributed by atoms with E-state index in [4.69, 9.17) is 5.11 Å². The Labute approximate surface area is 107 Å². The van der Waals surface area contributed by atoms with Gasteiger partial charge in [-0.3, -0.25) is 4.79 Å². The second kappa shape index (κ2) is 4.88. The van der Waals surface area contributed by atoms with E-state index in [9.17, 15) is 9.59 Å². The first-order chi connectivity index (χ1) is 7.67. The third kappa shape index (κ3) is 3.37. The van der Waals surface area contributed by atoms with Gasteiger partial charge in [-0.1, -0.05) is 20.8 Å². The summed E-state index contributed by atoms with van der Waals surface area (Å²) in [5, 5.41) is 11.8. The van der Waals surface area contributed by atoms with E-state index in [1.165, 1.54) is 0 Å². The summed E-state index contributed by atoms with van der Waals surface area (Å²) in [5.74, 6) is -0.156. The monoisotopic (exact) mass is 259 g/mol. The average molecular weight is 259 g/mol. The highest BCUT2D eigenvalue weighted by Gasteiger charge is 2.41. The number of nitrogens with one attached hydrogen (secondary N) is 1. The Hall–Kier alpha value is -0.710. The molecule has 0 saturated carbocycles. The Kier molecular flexibility index (Phi) is 4.12. The molecule has 5 heteroatoms. The molecule has 1 aliphatic heterocycles. The van der Waals surface area contributed by atoms with Crippen LogP contribution >= 0.6 is 11.8 Å². The maximum absolute atomic E-state index is 12.1. The Morgan fingerprint density at radius 3 is 2.35 bits per heavy atom. The first-order valence-corrected chi connectivity index (χ1v) is 6.83. The smallest absolute Gasteiger partial charge is 0.326 e. The molecule has 2 N–H and O–H groups in total. The van der Waals surface area contributed by atoms with Crippen molar-refractivity contribution in [2.75, 3.05) is 5.75 Å². The zero-order chi connectivity index (χ0) is 13.3. The van der Waals surface area contributed by atoms with Crippen molar-refractivity contribution in [1.29, 1.82) is 0 Å². The summed E-state index contributed by atoms with van der Waals surface area (Å²) < 4.78 is -0.459. The molecule has 1 aliphatic rings. The van der Waals surface area contributed by atoms with E-state index in [0.29, 0.717) is 0 Å². The molecule has 1 heterocycles. The molecule has 0 aliphatic carbocycles. The van der Waals surface area contributed by atoms with Gasteiger partial charge in [0.15, 0.2) is 0 Å². The van der Waals surface area contributed by atoms with Crippen LogP contribution in [0.25, 0.3) is 0 Å². The fourth-order valence-corrected chi connectivity index (χ4v) is 3.11. The van der Waals surface area contributed by atoms with Gasteiger partial charge >= 0.3 is 5.97 Å². The molecule has 98 valence electrons. The summed E-state index contributed by atoms with van der Waals surface area (Å²) in [7, 11) is 0. The largest absolute Gasteiger partial charge is 0.480 e. The Bertz CT molecular complexity index is 316. The van der Waals surface area contributed by atoms with Crippen molar-refractivity contribution in [2.24, 2.45) is 5.41 Å². The highest BCUT2D eigenvalue weighted by Crippen LogP contribution is 2.38. The van der Waals surface area contributed by atoms with Gasteiger partial charge in [-0.25, -0.2) is 4.79 Å². The van der Waals surface area contributed by atoms with Crippen molar-refractivity contribution in [3.8, 4) is 0 Å². The fraction of sp³-hybridized carbons (Fsp3) is 0.833. The highest BCUT2D eigenvalue weighted by atomic mass is 32.2. The summed E-state index contributed by atoms with van der Waals surface area (Å²) >= 11 is 1.61. The van der Waals surface area contributed by atoms with Crippen LogP contribution in [0.4, 0.5) is 0 Å². The van der Waals surface area contributed by atoms with Gasteiger partial charge in [-0.2, -0.15) is 0 Å². The van der Waals surface area contributed by atoms with Crippen molar-refractivity contribution < 1.29 is 14.7 Å². The number of carbonyl (C=O) groups excluding carboxylic acids is 1. The molecule has 1 fully saturated rings. The SMILES string of the molecule is CC1(C(=O)N[C@H](C(=O)O)C(C)(C)C)CCCS1. The van der Waals surface area contributed by atoms with Crippen LogP contribution in [0.2, 0.25) is 0 Å². The second-order valence-electron chi connectivity index (χ2n) is 5.79. The lowest BCUT2D eigenvalue weighted by Crippen LogP contribution is -2.53. The third-order valence-corrected chi connectivity index (χ3v) is 4.61. The number of rotatable bonds is 3. The normalized spacial score (nSPS) is 26.6. The number of hydrogen-bond acceptors (Lipinski definition) is 3. The average Bonchev–Trinajstić information content (AvgIpc) is 2.60. The molecule has 2 atom stereocenters. The predicted octanol–water partition coefficient (Wildman–Crippen LogP) is 1.89. The summed E-state index contributed by atoms with van der Waals surface area (Å²) in [6, 6.07) is -0.840. The quantitative estimate of drug-likeness (QED) is 0.812. The molecule has 1 saturated heterocycles. The van der Waals surface area contributed by atoms with Crippen LogP contribution < -0.4 is 5.32 Å². The second-order valence-corrected chi connectivity index (χ2v) is 7.39. The minimum Gasteiger partial charge on any atom is -0.480 e. The van der Waals surface area contributed by atoms with E-state index in [0.717, 1.165) is 18.6 Å². The lowest BCUT2D eigenvalue weighted by Gasteiger charge is -2.31. The number of amides is 1. The van der Waals surface area contributed by atoms with Gasteiger partial charge in [0.25, 0.3) is 0 Å². The lowest BCUT2D eigenvalue weighted by molar-refractivity contribution is -0.145. The molecule has 1 amide bonds. The lowest BCUT2D eigenvalue weighted by atomic mass is 9.86. The molecule has 1 unspecified atom stereocenters. The van der Waals surface area contributed by atoms with Crippen molar-refractivity contribution in [2.45, 2.75) is 51.3 Å². The van der Waals surface area contributed by atoms with Gasteiger partial charge < -0.3 is 10.4 Å². The van der Waals surface area contributed by atoms with Crippen LogP contribution in [-0.4, -0.2) is 33.5 Å². The van der Waals surface area contributed by atoms with Crippen LogP contribution in [0.15, 0.2) is 0 Å². The number of thioether (sulfide) groups is 1. The van der Waals surface area contributed by atoms with Gasteiger partial charge in [0.1, 0.15) is 6.04 Å². The van der Waals surface area contributed by atoms with E-state index in [-0.39, 0.29) is 5.91 Å². The number of carboxylic acid groups (broad SMARTS) is 1. The molecule has 1 rings (SSSR count). The maximum atomic E-state index is 12.1. The minimum atomic E-state index is -0.975. The topological polar surface area (TPSA) is 66.4 Å². The Morgan fingerprint density at radius 2 is 2.00 bits per heavy atom. The molecule has 0 aromatic heterocycles. The standard InChI is InChI=1S/C12H21NO3S/c1-11(2,3)8(9(14)15)13-10(16)12(4)6-5-7-17-12/h8H,5-7H2,1-4H3,(H,13,16)(H,14,15)/t8-,12?/m1/s1. The van der Waals surface area contributed by atoms with Crippen molar-refractivity contribution in [3.05, 3.63) is 0 Å². The van der Waals surface area contributed by atoms with Gasteiger partial charge in [-0.15, -0.1) is 11.8 Å². The van der Waals surface area contributed by atoms with E-state index >= 15 is 0 Å². The van der Waals surface area contributed by atoms with E-state index in [1.807, 2.05) is 27.7 Å². The van der Waals surface area contributed by atoms with Crippen molar-refractivity contribution in [1.82, 2.24) is 5.32 Å². The molecular weight excluding hydrogens is 238 g/mol. The van der Waals surface area contributed by atoms with Gasteiger partial charge in [-0.05, 0) is 30.9 Å². The number of carboxylic acids is 1. The van der Waals surface area contributed by atoms with E-state index in [2.05, 4.69) is 5.32 Å². The van der Waals surface area contributed by atoms with Crippen LogP contribution in [0.1, 0.15) is 40.5 Å². The zero-order valence-electron chi connectivity index (χ0n) is 10.9. The molecule has 0 aromatic rings. The molecule has 0 radical (unpaired) electrons. The van der Waals surface area contributed by atoms with Crippen molar-refractivity contribution in [3.63, 3.8) is 0 Å². The van der Waals surface area contributed by atoms with E-state index in [1.54, 1.807) is 11.8 Å². The number of carbonyl (C=O) groups is 2. The highest BCUT2D eigenvalue weighted by molar-refractivity contribution is 8.01. The number of hydrogen-bond donors (Lipinski definition) is 2. The van der Waals surface area contributed by atoms with Crippen LogP contribution in [0.5, 0.6) is 0 Å². The summed E-state index contributed by atoms with van der Waals surface area (Å²) in [6.45, 7) is 7.34. The summed E-state index contributed by atoms with van der Waals surface area (Å²) in [4.78, 5) is 23.3. The van der Waals surface area contributed by atoms with Crippen molar-refractivity contribution >= 4 is 23.6 Å². The Balaban J connectivity index is 2.75. The maximum Gasteiger partial charge on any atom is 0.326 e. The number of aliphatic carboxylic acids is 1. The van der Waals surface area contributed by atoms with Gasteiger partial charge in [0, 0.05) is 0 Å². The molecule has 0 bridgehead atoms. The van der Waals surface area contributed by atoms with Crippen LogP contribution in [0.3, 0.4) is 0 Å². The zero-order valence-corrected chi connectivity index (χ0v) is 11.7. The third-order valence-electron chi connectivity index (χ3n) is 3.09. The predicted molar refractivity (Wildman–Crippen MR) is 69.1 cm³/mol.